The van der Waals surface area contributed by atoms with Crippen molar-refractivity contribution in [1.29, 1.82) is 0 Å². The van der Waals surface area contributed by atoms with Crippen LogP contribution in [0.4, 0.5) is 5.69 Å². The first-order chi connectivity index (χ1) is 11.8. The number of nitrogens with two attached hydrogens (primary N) is 1. The summed E-state index contributed by atoms with van der Waals surface area (Å²) in [6.45, 7) is 1.17. The van der Waals surface area contributed by atoms with Crippen LogP contribution >= 0.6 is 0 Å². The van der Waals surface area contributed by atoms with E-state index in [2.05, 4.69) is 5.32 Å². The molecule has 3 N–H and O–H groups in total. The smallest absolute Gasteiger partial charge is 0.238 e. The molecule has 2 aromatic carbocycles. The molecule has 0 aliphatic heterocycles. The molecule has 0 unspecified atom stereocenters. The number of likely N-dealkylation sites (N-methyl/N-ethyl adjacent to an activating group) is 1. The summed E-state index contributed by atoms with van der Waals surface area (Å²) in [6, 6.07) is 15.2. The Labute approximate surface area is 147 Å². The predicted molar refractivity (Wildman–Crippen MR) is 95.9 cm³/mol. The van der Waals surface area contributed by atoms with Crippen LogP contribution in [0.15, 0.2) is 59.5 Å². The molecule has 0 saturated carbocycles. The summed E-state index contributed by atoms with van der Waals surface area (Å²) in [5, 5.41) is 7.73. The minimum absolute atomic E-state index is 0.0464. The van der Waals surface area contributed by atoms with Crippen molar-refractivity contribution >= 4 is 21.6 Å². The molecule has 0 aliphatic rings. The third-order valence-corrected chi connectivity index (χ3v) is 4.26. The molecule has 7 nitrogen and oxygen atoms in total. The normalized spacial score (nSPS) is 11.3. The number of sulfonamides is 1. The van der Waals surface area contributed by atoms with Crippen LogP contribution in [-0.4, -0.2) is 46.0 Å². The number of carbonyl (C=O) groups is 1. The number of carbonyl (C=O) groups excluding carboxylic acids is 1. The van der Waals surface area contributed by atoms with Crippen LogP contribution in [-0.2, 0) is 14.8 Å². The highest BCUT2D eigenvalue weighted by molar-refractivity contribution is 7.89. The quantitative estimate of drug-likeness (QED) is 0.736. The van der Waals surface area contributed by atoms with Gasteiger partial charge >= 0.3 is 0 Å². The molecular weight excluding hydrogens is 342 g/mol. The number of ether oxygens (including phenoxy) is 1. The number of benzene rings is 2. The van der Waals surface area contributed by atoms with Crippen molar-refractivity contribution < 1.29 is 17.9 Å². The maximum Gasteiger partial charge on any atom is 0.238 e. The zero-order valence-electron chi connectivity index (χ0n) is 13.9. The van der Waals surface area contributed by atoms with Crippen molar-refractivity contribution in [1.82, 2.24) is 4.90 Å². The van der Waals surface area contributed by atoms with Gasteiger partial charge in [-0.3, -0.25) is 9.69 Å². The second-order valence-corrected chi connectivity index (χ2v) is 7.08. The van der Waals surface area contributed by atoms with E-state index in [1.54, 1.807) is 13.1 Å². The van der Waals surface area contributed by atoms with Crippen LogP contribution in [0.3, 0.4) is 0 Å². The van der Waals surface area contributed by atoms with E-state index in [0.717, 1.165) is 5.75 Å². The fraction of sp³-hybridized carbons (Fsp3) is 0.235. The van der Waals surface area contributed by atoms with Gasteiger partial charge in [0.1, 0.15) is 12.4 Å². The molecule has 8 heteroatoms. The SMILES string of the molecule is CN(CCOc1ccccc1)CC(=O)Nc1cccc(S(N)(=O)=O)c1. The molecule has 0 heterocycles. The van der Waals surface area contributed by atoms with E-state index in [4.69, 9.17) is 9.88 Å². The number of amides is 1. The Bertz CT molecular complexity index is 810. The minimum atomic E-state index is -3.80. The first-order valence-electron chi connectivity index (χ1n) is 7.64. The Balaban J connectivity index is 1.79. The number of nitrogens with one attached hydrogen (secondary N) is 1. The molecule has 134 valence electrons. The number of nitrogens with zero attached hydrogens (tertiary/aromatic N) is 1. The number of primary sulfonamides is 1. The number of hydrogen-bond donors (Lipinski definition) is 2. The molecule has 0 radical (unpaired) electrons. The Morgan fingerprint density at radius 3 is 2.56 bits per heavy atom. The van der Waals surface area contributed by atoms with Crippen LogP contribution in [0.25, 0.3) is 0 Å². The number of anilines is 1. The molecule has 0 atom stereocenters. The second-order valence-electron chi connectivity index (χ2n) is 5.52. The number of rotatable bonds is 8. The third kappa shape index (κ3) is 6.54. The van der Waals surface area contributed by atoms with E-state index >= 15 is 0 Å². The van der Waals surface area contributed by atoms with Gasteiger partial charge < -0.3 is 10.1 Å². The van der Waals surface area contributed by atoms with Gasteiger partial charge in [0.15, 0.2) is 0 Å². The lowest BCUT2D eigenvalue weighted by atomic mass is 10.3. The molecule has 0 bridgehead atoms. The number of hydrogen-bond acceptors (Lipinski definition) is 5. The van der Waals surface area contributed by atoms with Gasteiger partial charge in [-0.1, -0.05) is 24.3 Å². The topological polar surface area (TPSA) is 102 Å². The van der Waals surface area contributed by atoms with Gasteiger partial charge in [0, 0.05) is 12.2 Å². The Morgan fingerprint density at radius 2 is 1.88 bits per heavy atom. The lowest BCUT2D eigenvalue weighted by Crippen LogP contribution is -2.33. The van der Waals surface area contributed by atoms with Gasteiger partial charge in [-0.2, -0.15) is 0 Å². The van der Waals surface area contributed by atoms with Crippen molar-refractivity contribution in [3.63, 3.8) is 0 Å². The molecule has 0 aromatic heterocycles. The van der Waals surface area contributed by atoms with Gasteiger partial charge in [0.2, 0.25) is 15.9 Å². The van der Waals surface area contributed by atoms with E-state index in [1.807, 2.05) is 35.2 Å². The summed E-state index contributed by atoms with van der Waals surface area (Å²) in [7, 11) is -2.00. The van der Waals surface area contributed by atoms with Crippen LogP contribution in [0.5, 0.6) is 5.75 Å². The van der Waals surface area contributed by atoms with Crippen LogP contribution < -0.4 is 15.2 Å². The molecule has 0 spiro atoms. The summed E-state index contributed by atoms with van der Waals surface area (Å²) < 4.78 is 28.2. The van der Waals surface area contributed by atoms with E-state index in [-0.39, 0.29) is 17.3 Å². The van der Waals surface area contributed by atoms with Gasteiger partial charge in [-0.25, -0.2) is 13.6 Å². The molecule has 0 saturated heterocycles. The zero-order valence-corrected chi connectivity index (χ0v) is 14.7. The van der Waals surface area contributed by atoms with Crippen LogP contribution in [0.2, 0.25) is 0 Å². The lowest BCUT2D eigenvalue weighted by molar-refractivity contribution is -0.117. The van der Waals surface area contributed by atoms with E-state index in [1.165, 1.54) is 18.2 Å². The van der Waals surface area contributed by atoms with E-state index in [9.17, 15) is 13.2 Å². The van der Waals surface area contributed by atoms with Gasteiger partial charge in [-0.05, 0) is 37.4 Å². The molecule has 0 fully saturated rings. The number of para-hydroxylation sites is 1. The van der Waals surface area contributed by atoms with Gasteiger partial charge in [0.05, 0.1) is 11.4 Å². The average molecular weight is 363 g/mol. The fourth-order valence-corrected chi connectivity index (χ4v) is 2.67. The van der Waals surface area contributed by atoms with Gasteiger partial charge in [-0.15, -0.1) is 0 Å². The summed E-state index contributed by atoms with van der Waals surface area (Å²) in [5.74, 6) is 0.522. The van der Waals surface area contributed by atoms with Crippen molar-refractivity contribution in [3.8, 4) is 5.75 Å². The zero-order chi connectivity index (χ0) is 18.3. The van der Waals surface area contributed by atoms with Crippen LogP contribution in [0, 0.1) is 0 Å². The lowest BCUT2D eigenvalue weighted by Gasteiger charge is -2.16. The molecule has 1 amide bonds. The maximum absolute atomic E-state index is 12.0. The van der Waals surface area contributed by atoms with Crippen molar-refractivity contribution in [2.45, 2.75) is 4.90 Å². The van der Waals surface area contributed by atoms with E-state index in [0.29, 0.717) is 18.8 Å². The minimum Gasteiger partial charge on any atom is -0.492 e. The van der Waals surface area contributed by atoms with Crippen LogP contribution in [0.1, 0.15) is 0 Å². The van der Waals surface area contributed by atoms with Crippen molar-refractivity contribution in [2.24, 2.45) is 5.14 Å². The van der Waals surface area contributed by atoms with Crippen molar-refractivity contribution in [2.75, 3.05) is 32.1 Å². The highest BCUT2D eigenvalue weighted by atomic mass is 32.2. The average Bonchev–Trinajstić information content (AvgIpc) is 2.55. The first-order valence-corrected chi connectivity index (χ1v) is 9.18. The second kappa shape index (κ2) is 8.61. The summed E-state index contributed by atoms with van der Waals surface area (Å²) in [5.41, 5.74) is 0.380. The molecule has 0 aliphatic carbocycles. The molecule has 2 rings (SSSR count). The first kappa shape index (κ1) is 18.9. The predicted octanol–water partition coefficient (Wildman–Crippen LogP) is 1.28. The highest BCUT2D eigenvalue weighted by Gasteiger charge is 2.11. The third-order valence-electron chi connectivity index (χ3n) is 3.34. The van der Waals surface area contributed by atoms with Crippen molar-refractivity contribution in [3.05, 3.63) is 54.6 Å². The summed E-state index contributed by atoms with van der Waals surface area (Å²) >= 11 is 0. The monoisotopic (exact) mass is 363 g/mol. The van der Waals surface area contributed by atoms with Gasteiger partial charge in [0.25, 0.3) is 0 Å². The highest BCUT2D eigenvalue weighted by Crippen LogP contribution is 2.14. The molecule has 25 heavy (non-hydrogen) atoms. The Morgan fingerprint density at radius 1 is 1.16 bits per heavy atom. The molecule has 2 aromatic rings. The van der Waals surface area contributed by atoms with E-state index < -0.39 is 10.0 Å². The summed E-state index contributed by atoms with van der Waals surface area (Å²) in [6.07, 6.45) is 0. The Hall–Kier alpha value is -2.42. The largest absolute Gasteiger partial charge is 0.492 e. The maximum atomic E-state index is 12.0. The standard InChI is InChI=1S/C17H21N3O4S/c1-20(10-11-24-15-7-3-2-4-8-15)13-17(21)19-14-6-5-9-16(12-14)25(18,22)23/h2-9,12H,10-11,13H2,1H3,(H,19,21)(H2,18,22,23). The molecular formula is C17H21N3O4S. The Kier molecular flexibility index (Phi) is 6.51. The fourth-order valence-electron chi connectivity index (χ4n) is 2.11. The summed E-state index contributed by atoms with van der Waals surface area (Å²) in [4.78, 5) is 13.8.